The molecule has 92 valence electrons. The van der Waals surface area contributed by atoms with Crippen molar-refractivity contribution in [1.82, 2.24) is 0 Å². The molecule has 1 N–H and O–H groups in total. The molecule has 0 heterocycles. The molecule has 0 aromatic heterocycles. The minimum atomic E-state index is -0.933. The summed E-state index contributed by atoms with van der Waals surface area (Å²) in [4.78, 5) is 0. The summed E-state index contributed by atoms with van der Waals surface area (Å²) in [5.74, 6) is 1.16. The Hall–Kier alpha value is -1.73. The standard InChI is InChI=1S/C13H17NO3/c1-13(2,8-14)12(15)10-7-9(16-3)5-6-11(10)17-4/h5-7,12,15H,1-4H3. The lowest BCUT2D eigenvalue weighted by Crippen LogP contribution is -2.20. The molecule has 4 nitrogen and oxygen atoms in total. The molecule has 0 aliphatic carbocycles. The van der Waals surface area contributed by atoms with Crippen LogP contribution in [-0.2, 0) is 0 Å². The minimum Gasteiger partial charge on any atom is -0.497 e. The monoisotopic (exact) mass is 235 g/mol. The normalized spacial score (nSPS) is 12.7. The highest BCUT2D eigenvalue weighted by Gasteiger charge is 2.31. The van der Waals surface area contributed by atoms with Gasteiger partial charge in [-0.3, -0.25) is 0 Å². The third-order valence-electron chi connectivity index (χ3n) is 2.70. The third-order valence-corrected chi connectivity index (χ3v) is 2.70. The van der Waals surface area contributed by atoms with Crippen molar-refractivity contribution in [3.63, 3.8) is 0 Å². The van der Waals surface area contributed by atoms with Gasteiger partial charge in [-0.1, -0.05) is 0 Å². The van der Waals surface area contributed by atoms with Crippen LogP contribution in [0.4, 0.5) is 0 Å². The van der Waals surface area contributed by atoms with Gasteiger partial charge < -0.3 is 14.6 Å². The summed E-state index contributed by atoms with van der Waals surface area (Å²) in [7, 11) is 3.07. The van der Waals surface area contributed by atoms with Gasteiger partial charge in [0.15, 0.2) is 0 Å². The zero-order valence-corrected chi connectivity index (χ0v) is 10.5. The molecule has 1 rings (SSSR count). The van der Waals surface area contributed by atoms with Gasteiger partial charge in [-0.25, -0.2) is 0 Å². The van der Waals surface area contributed by atoms with Gasteiger partial charge in [0.2, 0.25) is 0 Å². The third kappa shape index (κ3) is 2.69. The average molecular weight is 235 g/mol. The summed E-state index contributed by atoms with van der Waals surface area (Å²) >= 11 is 0. The number of rotatable bonds is 4. The topological polar surface area (TPSA) is 62.5 Å². The molecule has 0 saturated heterocycles. The van der Waals surface area contributed by atoms with E-state index in [-0.39, 0.29) is 0 Å². The maximum atomic E-state index is 10.2. The molecule has 1 atom stereocenters. The van der Waals surface area contributed by atoms with Crippen LogP contribution in [0.5, 0.6) is 11.5 Å². The molecule has 0 aliphatic heterocycles. The number of methoxy groups -OCH3 is 2. The van der Waals surface area contributed by atoms with E-state index < -0.39 is 11.5 Å². The highest BCUT2D eigenvalue weighted by molar-refractivity contribution is 5.42. The average Bonchev–Trinajstić information content (AvgIpc) is 2.36. The lowest BCUT2D eigenvalue weighted by atomic mass is 9.84. The van der Waals surface area contributed by atoms with E-state index in [0.717, 1.165) is 0 Å². The van der Waals surface area contributed by atoms with Crippen LogP contribution in [0.2, 0.25) is 0 Å². The fourth-order valence-electron chi connectivity index (χ4n) is 1.50. The highest BCUT2D eigenvalue weighted by atomic mass is 16.5. The lowest BCUT2D eigenvalue weighted by molar-refractivity contribution is 0.0839. The number of hydrogen-bond acceptors (Lipinski definition) is 4. The van der Waals surface area contributed by atoms with Crippen LogP contribution < -0.4 is 9.47 Å². The van der Waals surface area contributed by atoms with Gasteiger partial charge in [0.25, 0.3) is 0 Å². The van der Waals surface area contributed by atoms with Crippen LogP contribution in [0.3, 0.4) is 0 Å². The number of benzene rings is 1. The zero-order valence-electron chi connectivity index (χ0n) is 10.5. The predicted molar refractivity (Wildman–Crippen MR) is 63.9 cm³/mol. The van der Waals surface area contributed by atoms with Gasteiger partial charge >= 0.3 is 0 Å². The summed E-state index contributed by atoms with van der Waals surface area (Å²) in [6.45, 7) is 3.35. The van der Waals surface area contributed by atoms with E-state index in [9.17, 15) is 5.11 Å². The SMILES string of the molecule is COc1ccc(OC)c(C(O)C(C)(C)C#N)c1. The van der Waals surface area contributed by atoms with Gasteiger partial charge in [-0.05, 0) is 32.0 Å². The number of nitrogens with zero attached hydrogens (tertiary/aromatic N) is 1. The Morgan fingerprint density at radius 3 is 2.41 bits per heavy atom. The Morgan fingerprint density at radius 1 is 1.29 bits per heavy atom. The molecular formula is C13H17NO3. The van der Waals surface area contributed by atoms with Crippen molar-refractivity contribution in [2.45, 2.75) is 20.0 Å². The Kier molecular flexibility index (Phi) is 3.97. The maximum Gasteiger partial charge on any atom is 0.124 e. The second kappa shape index (κ2) is 5.07. The maximum absolute atomic E-state index is 10.2. The van der Waals surface area contributed by atoms with Crippen molar-refractivity contribution < 1.29 is 14.6 Å². The highest BCUT2D eigenvalue weighted by Crippen LogP contribution is 2.38. The van der Waals surface area contributed by atoms with E-state index in [1.54, 1.807) is 39.2 Å². The molecule has 0 saturated carbocycles. The fourth-order valence-corrected chi connectivity index (χ4v) is 1.50. The second-order valence-electron chi connectivity index (χ2n) is 4.34. The van der Waals surface area contributed by atoms with Crippen molar-refractivity contribution in [3.8, 4) is 17.6 Å². The van der Waals surface area contributed by atoms with Crippen molar-refractivity contribution >= 4 is 0 Å². The minimum absolute atomic E-state index is 0.543. The van der Waals surface area contributed by atoms with Crippen LogP contribution in [0.1, 0.15) is 25.5 Å². The molecule has 1 aromatic carbocycles. The van der Waals surface area contributed by atoms with Crippen LogP contribution in [0.25, 0.3) is 0 Å². The van der Waals surface area contributed by atoms with Gasteiger partial charge in [0, 0.05) is 5.56 Å². The molecule has 0 radical (unpaired) electrons. The van der Waals surface area contributed by atoms with Gasteiger partial charge in [-0.2, -0.15) is 5.26 Å². The molecule has 1 unspecified atom stereocenters. The van der Waals surface area contributed by atoms with Gasteiger partial charge in [0.1, 0.15) is 17.6 Å². The first kappa shape index (κ1) is 13.3. The molecule has 0 aliphatic rings. The number of aliphatic hydroxyl groups excluding tert-OH is 1. The van der Waals surface area contributed by atoms with Crippen LogP contribution >= 0.6 is 0 Å². The van der Waals surface area contributed by atoms with Crippen LogP contribution in [0, 0.1) is 16.7 Å². The van der Waals surface area contributed by atoms with Crippen LogP contribution in [0.15, 0.2) is 18.2 Å². The zero-order chi connectivity index (χ0) is 13.1. The molecule has 4 heteroatoms. The second-order valence-corrected chi connectivity index (χ2v) is 4.34. The summed E-state index contributed by atoms with van der Waals surface area (Å²) in [6, 6.07) is 7.22. The Bertz CT molecular complexity index is 435. The van der Waals surface area contributed by atoms with E-state index in [1.165, 1.54) is 7.11 Å². The molecule has 0 spiro atoms. The largest absolute Gasteiger partial charge is 0.497 e. The summed E-state index contributed by atoms with van der Waals surface area (Å²) in [6.07, 6.45) is -0.933. The van der Waals surface area contributed by atoms with E-state index in [1.807, 2.05) is 0 Å². The lowest BCUT2D eigenvalue weighted by Gasteiger charge is -2.25. The van der Waals surface area contributed by atoms with Crippen LogP contribution in [-0.4, -0.2) is 19.3 Å². The molecular weight excluding hydrogens is 218 g/mol. The Labute approximate surface area is 101 Å². The van der Waals surface area contributed by atoms with E-state index in [0.29, 0.717) is 17.1 Å². The molecule has 17 heavy (non-hydrogen) atoms. The smallest absolute Gasteiger partial charge is 0.124 e. The number of ether oxygens (including phenoxy) is 2. The molecule has 0 amide bonds. The number of nitriles is 1. The predicted octanol–water partition coefficient (Wildman–Crippen LogP) is 2.29. The summed E-state index contributed by atoms with van der Waals surface area (Å²) in [5, 5.41) is 19.3. The summed E-state index contributed by atoms with van der Waals surface area (Å²) in [5.41, 5.74) is -0.335. The Balaban J connectivity index is 3.24. The van der Waals surface area contributed by atoms with E-state index in [2.05, 4.69) is 6.07 Å². The first-order valence-corrected chi connectivity index (χ1v) is 5.27. The van der Waals surface area contributed by atoms with Crippen molar-refractivity contribution in [2.24, 2.45) is 5.41 Å². The number of aliphatic hydroxyl groups is 1. The first-order valence-electron chi connectivity index (χ1n) is 5.27. The van der Waals surface area contributed by atoms with E-state index >= 15 is 0 Å². The van der Waals surface area contributed by atoms with Gasteiger partial charge in [0.05, 0.1) is 25.7 Å². The summed E-state index contributed by atoms with van der Waals surface area (Å²) < 4.78 is 10.3. The molecule has 0 fully saturated rings. The van der Waals surface area contributed by atoms with Crippen molar-refractivity contribution in [1.29, 1.82) is 5.26 Å². The Morgan fingerprint density at radius 2 is 1.94 bits per heavy atom. The fraction of sp³-hybridized carbons (Fsp3) is 0.462. The molecule has 0 bridgehead atoms. The van der Waals surface area contributed by atoms with Gasteiger partial charge in [-0.15, -0.1) is 0 Å². The van der Waals surface area contributed by atoms with Crippen molar-refractivity contribution in [3.05, 3.63) is 23.8 Å². The van der Waals surface area contributed by atoms with E-state index in [4.69, 9.17) is 14.7 Å². The first-order chi connectivity index (χ1) is 7.96. The van der Waals surface area contributed by atoms with Crippen molar-refractivity contribution in [2.75, 3.05) is 14.2 Å². The quantitative estimate of drug-likeness (QED) is 0.869. The number of hydrogen-bond donors (Lipinski definition) is 1. The molecule has 1 aromatic rings.